The predicted molar refractivity (Wildman–Crippen MR) is 49.1 cm³/mol. The van der Waals surface area contributed by atoms with E-state index in [9.17, 15) is 0 Å². The Morgan fingerprint density at radius 3 is 2.67 bits per heavy atom. The van der Waals surface area contributed by atoms with Gasteiger partial charge in [-0.1, -0.05) is 17.6 Å². The monoisotopic (exact) mass is 162 g/mol. The van der Waals surface area contributed by atoms with E-state index in [1.165, 1.54) is 0 Å². The average Bonchev–Trinajstić information content (AvgIpc) is 2.05. The maximum absolute atomic E-state index is 5.60. The van der Waals surface area contributed by atoms with Gasteiger partial charge in [0.2, 0.25) is 0 Å². The highest BCUT2D eigenvalue weighted by Crippen LogP contribution is 2.16. The van der Waals surface area contributed by atoms with Gasteiger partial charge in [0.05, 0.1) is 13.7 Å². The lowest BCUT2D eigenvalue weighted by Crippen LogP contribution is -2.05. The quantitative estimate of drug-likeness (QED) is 0.607. The fourth-order valence-electron chi connectivity index (χ4n) is 1.07. The number of methoxy groups -OCH3 is 2. The highest BCUT2D eigenvalue weighted by atomic mass is 16.5. The predicted octanol–water partition coefficient (Wildman–Crippen LogP) is 0.635. The zero-order valence-corrected chi connectivity index (χ0v) is 7.33. The van der Waals surface area contributed by atoms with Crippen LogP contribution in [0, 0.1) is 0 Å². The first-order valence-corrected chi connectivity index (χ1v) is 3.69. The topological polar surface area (TPSA) is 18.5 Å². The van der Waals surface area contributed by atoms with E-state index in [2.05, 4.69) is 0 Å². The molecule has 3 heteroatoms. The molecule has 0 saturated carbocycles. The fourth-order valence-corrected chi connectivity index (χ4v) is 1.07. The smallest absolute Gasteiger partial charge is 0.124 e. The van der Waals surface area contributed by atoms with Crippen molar-refractivity contribution < 1.29 is 9.47 Å². The van der Waals surface area contributed by atoms with Crippen molar-refractivity contribution in [1.82, 2.24) is 0 Å². The van der Waals surface area contributed by atoms with Crippen LogP contribution in [0.5, 0.6) is 5.75 Å². The lowest BCUT2D eigenvalue weighted by atomic mass is 9.94. The van der Waals surface area contributed by atoms with Gasteiger partial charge >= 0.3 is 0 Å². The van der Waals surface area contributed by atoms with Crippen LogP contribution in [-0.4, -0.2) is 22.1 Å². The molecule has 1 rings (SSSR count). The summed E-state index contributed by atoms with van der Waals surface area (Å²) in [6.07, 6.45) is 0. The van der Waals surface area contributed by atoms with Crippen LogP contribution in [0.2, 0.25) is 0 Å². The molecule has 0 aromatic heterocycles. The van der Waals surface area contributed by atoms with Gasteiger partial charge in [-0.05, 0) is 6.07 Å². The van der Waals surface area contributed by atoms with Crippen molar-refractivity contribution in [2.75, 3.05) is 14.2 Å². The van der Waals surface area contributed by atoms with Crippen LogP contribution >= 0.6 is 0 Å². The van der Waals surface area contributed by atoms with Crippen LogP contribution in [-0.2, 0) is 11.3 Å². The highest BCUT2D eigenvalue weighted by Gasteiger charge is 2.00. The molecule has 0 unspecified atom stereocenters. The lowest BCUT2D eigenvalue weighted by Gasteiger charge is -2.07. The van der Waals surface area contributed by atoms with Crippen LogP contribution in [0.4, 0.5) is 0 Å². The summed E-state index contributed by atoms with van der Waals surface area (Å²) in [4.78, 5) is 0. The van der Waals surface area contributed by atoms with Crippen molar-refractivity contribution in [2.24, 2.45) is 0 Å². The number of hydrogen-bond acceptors (Lipinski definition) is 2. The van der Waals surface area contributed by atoms with Crippen LogP contribution in [0.15, 0.2) is 18.2 Å². The Morgan fingerprint density at radius 1 is 1.33 bits per heavy atom. The van der Waals surface area contributed by atoms with Gasteiger partial charge in [0, 0.05) is 12.7 Å². The molecule has 0 saturated heterocycles. The van der Waals surface area contributed by atoms with Gasteiger partial charge in [-0.15, -0.1) is 0 Å². The van der Waals surface area contributed by atoms with E-state index in [0.29, 0.717) is 6.61 Å². The molecule has 0 fully saturated rings. The number of rotatable bonds is 3. The molecule has 62 valence electrons. The minimum Gasteiger partial charge on any atom is -0.496 e. The Morgan fingerprint density at radius 2 is 2.08 bits per heavy atom. The van der Waals surface area contributed by atoms with Gasteiger partial charge < -0.3 is 9.47 Å². The van der Waals surface area contributed by atoms with E-state index >= 15 is 0 Å². The Hall–Kier alpha value is -0.955. The third kappa shape index (κ3) is 2.01. The molecule has 1 aromatic carbocycles. The molecule has 0 amide bonds. The zero-order chi connectivity index (χ0) is 8.97. The lowest BCUT2D eigenvalue weighted by molar-refractivity contribution is 0.181. The summed E-state index contributed by atoms with van der Waals surface area (Å²) < 4.78 is 10.1. The van der Waals surface area contributed by atoms with E-state index < -0.39 is 0 Å². The largest absolute Gasteiger partial charge is 0.496 e. The Labute approximate surface area is 73.9 Å². The first-order chi connectivity index (χ1) is 5.77. The maximum atomic E-state index is 5.60. The number of benzene rings is 1. The normalized spacial score (nSPS) is 9.83. The fraction of sp³-hybridized carbons (Fsp3) is 0.333. The van der Waals surface area contributed by atoms with Crippen molar-refractivity contribution in [3.8, 4) is 5.75 Å². The summed E-state index contributed by atoms with van der Waals surface area (Å²) in [6.45, 7) is 0.522. The molecule has 2 radical (unpaired) electrons. The Balaban J connectivity index is 2.95. The Bertz CT molecular complexity index is 261. The molecule has 0 bridgehead atoms. The summed E-state index contributed by atoms with van der Waals surface area (Å²) in [5.41, 5.74) is 1.70. The molecule has 1 aromatic rings. The van der Waals surface area contributed by atoms with Gasteiger partial charge in [-0.2, -0.15) is 0 Å². The molecular weight excluding hydrogens is 151 g/mol. The third-order valence-electron chi connectivity index (χ3n) is 1.60. The molecule has 12 heavy (non-hydrogen) atoms. The van der Waals surface area contributed by atoms with Crippen molar-refractivity contribution in [3.05, 3.63) is 23.8 Å². The Kier molecular flexibility index (Phi) is 3.17. The van der Waals surface area contributed by atoms with Crippen molar-refractivity contribution >= 4 is 13.3 Å². The zero-order valence-electron chi connectivity index (χ0n) is 7.33. The van der Waals surface area contributed by atoms with E-state index in [0.717, 1.165) is 16.8 Å². The first kappa shape index (κ1) is 9.14. The molecule has 2 nitrogen and oxygen atoms in total. The molecular formula is C9H11BO2. The summed E-state index contributed by atoms with van der Waals surface area (Å²) in [5.74, 6) is 0.811. The summed E-state index contributed by atoms with van der Waals surface area (Å²) in [7, 11) is 8.87. The van der Waals surface area contributed by atoms with Crippen LogP contribution in [0.1, 0.15) is 5.56 Å². The van der Waals surface area contributed by atoms with Crippen LogP contribution in [0.3, 0.4) is 0 Å². The second kappa shape index (κ2) is 4.17. The van der Waals surface area contributed by atoms with Crippen molar-refractivity contribution in [2.45, 2.75) is 6.61 Å². The molecule has 0 aliphatic rings. The molecule has 0 aliphatic carbocycles. The molecule has 0 atom stereocenters. The SMILES string of the molecule is [B]c1ccc(OC)c(COC)c1. The molecule has 0 heterocycles. The second-order valence-corrected chi connectivity index (χ2v) is 2.50. The first-order valence-electron chi connectivity index (χ1n) is 3.69. The average molecular weight is 162 g/mol. The number of ether oxygens (including phenoxy) is 2. The molecule has 0 N–H and O–H groups in total. The summed E-state index contributed by atoms with van der Waals surface area (Å²) in [6, 6.07) is 5.49. The standard InChI is InChI=1S/C9H11BO2/c1-11-6-7-5-8(10)3-4-9(7)12-2/h3-5H,6H2,1-2H3. The third-order valence-corrected chi connectivity index (χ3v) is 1.60. The molecule has 0 aliphatic heterocycles. The van der Waals surface area contributed by atoms with Gasteiger partial charge in [-0.25, -0.2) is 0 Å². The van der Waals surface area contributed by atoms with E-state index in [1.54, 1.807) is 20.3 Å². The van der Waals surface area contributed by atoms with E-state index in [-0.39, 0.29) is 0 Å². The van der Waals surface area contributed by atoms with Gasteiger partial charge in [-0.3, -0.25) is 0 Å². The van der Waals surface area contributed by atoms with Gasteiger partial charge in [0.25, 0.3) is 0 Å². The van der Waals surface area contributed by atoms with Crippen molar-refractivity contribution in [3.63, 3.8) is 0 Å². The second-order valence-electron chi connectivity index (χ2n) is 2.50. The minimum atomic E-state index is 0.522. The van der Waals surface area contributed by atoms with Crippen molar-refractivity contribution in [1.29, 1.82) is 0 Å². The summed E-state index contributed by atoms with van der Waals surface area (Å²) >= 11 is 0. The van der Waals surface area contributed by atoms with E-state index in [4.69, 9.17) is 17.3 Å². The van der Waals surface area contributed by atoms with E-state index in [1.807, 2.05) is 12.1 Å². The van der Waals surface area contributed by atoms with Gasteiger partial charge in [0.15, 0.2) is 0 Å². The summed E-state index contributed by atoms with van der Waals surface area (Å²) in [5, 5.41) is 0. The maximum Gasteiger partial charge on any atom is 0.124 e. The van der Waals surface area contributed by atoms with Crippen LogP contribution in [0.25, 0.3) is 0 Å². The minimum absolute atomic E-state index is 0.522. The van der Waals surface area contributed by atoms with Gasteiger partial charge in [0.1, 0.15) is 13.6 Å². The number of hydrogen-bond donors (Lipinski definition) is 0. The highest BCUT2D eigenvalue weighted by molar-refractivity contribution is 6.32. The molecule has 0 spiro atoms. The van der Waals surface area contributed by atoms with Crippen LogP contribution < -0.4 is 10.2 Å².